The summed E-state index contributed by atoms with van der Waals surface area (Å²) in [6, 6.07) is 26.0. The Balaban J connectivity index is 1.80. The molecule has 0 heterocycles. The van der Waals surface area contributed by atoms with Crippen molar-refractivity contribution in [3.8, 4) is 18.2 Å². The van der Waals surface area contributed by atoms with Gasteiger partial charge in [0.15, 0.2) is 0 Å². The number of nitrogens with zero attached hydrogens (tertiary/aromatic N) is 6. The molecule has 0 aromatic heterocycles. The third-order valence-electron chi connectivity index (χ3n) is 9.72. The Morgan fingerprint density at radius 1 is 0.537 bits per heavy atom. The molecular weight excluding hydrogens is 861 g/mol. The smallest absolute Gasteiger partial charge is 0.348 e. The topological polar surface area (TPSA) is 233 Å². The summed E-state index contributed by atoms with van der Waals surface area (Å²) >= 11 is 0. The zero-order valence-electron chi connectivity index (χ0n) is 37.8. The van der Waals surface area contributed by atoms with Gasteiger partial charge in [-0.2, -0.15) is 15.8 Å². The number of hydrogen-bond donors (Lipinski definition) is 1. The number of aliphatic hydroxyl groups excluding tert-OH is 1. The first-order valence-electron chi connectivity index (χ1n) is 20.6. The fourth-order valence-corrected chi connectivity index (χ4v) is 5.68. The van der Waals surface area contributed by atoms with Crippen molar-refractivity contribution in [2.45, 2.75) is 6.92 Å². The highest BCUT2D eigenvalue weighted by atomic mass is 16.6. The van der Waals surface area contributed by atoms with E-state index in [2.05, 4.69) is 13.2 Å². The number of hydrogen-bond acceptors (Lipinski definition) is 17. The maximum Gasteiger partial charge on any atom is 0.348 e. The van der Waals surface area contributed by atoms with Crippen molar-refractivity contribution < 1.29 is 52.8 Å². The first kappa shape index (κ1) is 52.9. The average molecular weight is 913 g/mol. The van der Waals surface area contributed by atoms with Gasteiger partial charge in [-0.05, 0) is 78.2 Å². The van der Waals surface area contributed by atoms with Crippen LogP contribution < -0.4 is 14.7 Å². The first-order chi connectivity index (χ1) is 32.1. The molecule has 0 amide bonds. The number of carbonyl (C=O) groups is 5. The number of ether oxygens (including phenoxy) is 5. The minimum Gasteiger partial charge on any atom is -0.461 e. The summed E-state index contributed by atoms with van der Waals surface area (Å²) in [4.78, 5) is 68.1. The second kappa shape index (κ2) is 27.0. The summed E-state index contributed by atoms with van der Waals surface area (Å²) in [6.45, 7) is 7.95. The van der Waals surface area contributed by atoms with Gasteiger partial charge in [0.25, 0.3) is 0 Å². The van der Waals surface area contributed by atoms with Gasteiger partial charge in [-0.25, -0.2) is 24.0 Å². The van der Waals surface area contributed by atoms with Gasteiger partial charge in [-0.15, -0.1) is 0 Å². The second-order valence-corrected chi connectivity index (χ2v) is 15.1. The van der Waals surface area contributed by atoms with E-state index in [1.54, 1.807) is 93.9 Å². The van der Waals surface area contributed by atoms with Crippen LogP contribution >= 0.6 is 0 Å². The molecule has 0 saturated carbocycles. The van der Waals surface area contributed by atoms with Crippen LogP contribution in [0.1, 0.15) is 23.6 Å². The summed E-state index contributed by atoms with van der Waals surface area (Å²) in [5, 5.41) is 38.9. The molecule has 1 N–H and O–H groups in total. The van der Waals surface area contributed by atoms with Crippen LogP contribution in [-0.2, 0) is 47.7 Å². The van der Waals surface area contributed by atoms with E-state index in [1.165, 1.54) is 25.2 Å². The standard InChI is InChI=1S/C50H52N6O11/c1-7-45(58)63-25-22-55(5)43-17-11-37(12-18-43)28-40(31-52)48(61)66-34-50(3,33-65-47(60)39(30-51)27-36-9-15-42(16-10-36)54(4)21-24-57)35-67-49(62)41(32-53)29-38-13-19-44(20-14-38)56(6)23-26-64-46(59)8-2/h7-20,27-29,57H,1-2,21-26,33-35H2,3-6H3/b39-27+,40-28+,41-29+. The van der Waals surface area contributed by atoms with E-state index < -0.39 is 55.1 Å². The minimum absolute atomic E-state index is 0.0477. The molecule has 0 spiro atoms. The van der Waals surface area contributed by atoms with Crippen molar-refractivity contribution in [2.24, 2.45) is 5.41 Å². The molecule has 0 aliphatic carbocycles. The van der Waals surface area contributed by atoms with Crippen LogP contribution in [0.4, 0.5) is 17.1 Å². The molecular formula is C50H52N6O11. The number of rotatable bonds is 25. The molecule has 0 radical (unpaired) electrons. The summed E-state index contributed by atoms with van der Waals surface area (Å²) < 4.78 is 26.6. The van der Waals surface area contributed by atoms with Crippen LogP contribution in [0.15, 0.2) is 115 Å². The fraction of sp³-hybridized carbons (Fsp3) is 0.280. The lowest BCUT2D eigenvalue weighted by molar-refractivity contribution is -0.155. The largest absolute Gasteiger partial charge is 0.461 e. The molecule has 17 nitrogen and oxygen atoms in total. The predicted molar refractivity (Wildman–Crippen MR) is 250 cm³/mol. The van der Waals surface area contributed by atoms with Crippen LogP contribution in [0.5, 0.6) is 0 Å². The monoisotopic (exact) mass is 912 g/mol. The number of likely N-dealkylation sites (N-methyl/N-ethyl adjacent to an activating group) is 3. The number of aliphatic hydroxyl groups is 1. The average Bonchev–Trinajstić information content (AvgIpc) is 3.34. The predicted octanol–water partition coefficient (Wildman–Crippen LogP) is 5.20. The van der Waals surface area contributed by atoms with E-state index in [0.29, 0.717) is 36.3 Å². The van der Waals surface area contributed by atoms with E-state index in [9.17, 15) is 44.9 Å². The van der Waals surface area contributed by atoms with Crippen molar-refractivity contribution in [3.63, 3.8) is 0 Å². The highest BCUT2D eigenvalue weighted by molar-refractivity contribution is 5.99. The molecule has 0 saturated heterocycles. The van der Waals surface area contributed by atoms with Crippen molar-refractivity contribution in [3.05, 3.63) is 132 Å². The second-order valence-electron chi connectivity index (χ2n) is 15.1. The molecule has 3 aromatic carbocycles. The van der Waals surface area contributed by atoms with Crippen LogP contribution in [0.3, 0.4) is 0 Å². The molecule has 0 aliphatic heterocycles. The van der Waals surface area contributed by atoms with Crippen LogP contribution in [0, 0.1) is 39.4 Å². The van der Waals surface area contributed by atoms with Crippen LogP contribution in [0.2, 0.25) is 0 Å². The lowest BCUT2D eigenvalue weighted by atomic mass is 9.94. The molecule has 3 aromatic rings. The van der Waals surface area contributed by atoms with E-state index in [1.807, 2.05) is 32.9 Å². The van der Waals surface area contributed by atoms with Gasteiger partial charge < -0.3 is 43.5 Å². The molecule has 348 valence electrons. The molecule has 0 unspecified atom stereocenters. The van der Waals surface area contributed by atoms with E-state index in [0.717, 1.165) is 29.2 Å². The Kier molecular flexibility index (Phi) is 21.3. The highest BCUT2D eigenvalue weighted by Gasteiger charge is 2.32. The maximum absolute atomic E-state index is 13.3. The molecule has 0 atom stereocenters. The van der Waals surface area contributed by atoms with Crippen LogP contribution in [0.25, 0.3) is 18.2 Å². The Bertz CT molecular complexity index is 2340. The normalized spacial score (nSPS) is 12.1. The van der Waals surface area contributed by atoms with E-state index >= 15 is 0 Å². The lowest BCUT2D eigenvalue weighted by Crippen LogP contribution is -2.37. The van der Waals surface area contributed by atoms with Gasteiger partial charge in [0.2, 0.25) is 0 Å². The third-order valence-corrected chi connectivity index (χ3v) is 9.72. The molecule has 17 heteroatoms. The summed E-state index contributed by atoms with van der Waals surface area (Å²) in [5.74, 6) is -4.17. The van der Waals surface area contributed by atoms with Gasteiger partial charge in [-0.1, -0.05) is 49.6 Å². The van der Waals surface area contributed by atoms with Crippen molar-refractivity contribution in [1.82, 2.24) is 0 Å². The number of nitriles is 3. The Hall–Kier alpha value is -8.46. The number of carbonyl (C=O) groups excluding carboxylic acids is 5. The number of anilines is 3. The highest BCUT2D eigenvalue weighted by Crippen LogP contribution is 2.24. The minimum atomic E-state index is -1.47. The molecule has 67 heavy (non-hydrogen) atoms. The number of esters is 5. The fourth-order valence-electron chi connectivity index (χ4n) is 5.68. The summed E-state index contributed by atoms with van der Waals surface area (Å²) in [6.07, 6.45) is 6.09. The van der Waals surface area contributed by atoms with Crippen molar-refractivity contribution in [1.29, 1.82) is 15.8 Å². The number of benzene rings is 3. The SMILES string of the molecule is C=CC(=O)OCCN(C)c1ccc(/C=C(\C#N)C(=O)OCC(C)(COC(=O)/C(C#N)=C/c2ccc(N(C)CCO)cc2)COC(=O)/C(C#N)=C/c2ccc(N(C)CCOC(=O)C=C)cc2)cc1. The quantitative estimate of drug-likeness (QED) is 0.0498. The Morgan fingerprint density at radius 2 is 0.821 bits per heavy atom. The van der Waals surface area contributed by atoms with Crippen LogP contribution in [-0.4, -0.2) is 115 Å². The Labute approximate surface area is 389 Å². The van der Waals surface area contributed by atoms with Gasteiger partial charge >= 0.3 is 29.8 Å². The van der Waals surface area contributed by atoms with E-state index in [4.69, 9.17) is 23.7 Å². The van der Waals surface area contributed by atoms with Gasteiger partial charge in [-0.3, -0.25) is 0 Å². The zero-order chi connectivity index (χ0) is 49.4. The van der Waals surface area contributed by atoms with Crippen molar-refractivity contribution in [2.75, 3.05) is 95.1 Å². The van der Waals surface area contributed by atoms with Gasteiger partial charge in [0, 0.05) is 56.9 Å². The third kappa shape index (κ3) is 17.6. The Morgan fingerprint density at radius 3 is 1.07 bits per heavy atom. The molecule has 0 fully saturated rings. The zero-order valence-corrected chi connectivity index (χ0v) is 37.8. The van der Waals surface area contributed by atoms with Gasteiger partial charge in [0.05, 0.1) is 25.1 Å². The summed E-state index contributed by atoms with van der Waals surface area (Å²) in [5.41, 5.74) is 1.22. The molecule has 0 bridgehead atoms. The molecule has 3 rings (SSSR count). The maximum atomic E-state index is 13.3. The first-order valence-corrected chi connectivity index (χ1v) is 20.6. The van der Waals surface area contributed by atoms with E-state index in [-0.39, 0.29) is 36.5 Å². The van der Waals surface area contributed by atoms with Crippen molar-refractivity contribution >= 4 is 65.1 Å². The lowest BCUT2D eigenvalue weighted by Gasteiger charge is -2.28. The van der Waals surface area contributed by atoms with Gasteiger partial charge in [0.1, 0.15) is 68.0 Å². The molecule has 0 aliphatic rings. The summed E-state index contributed by atoms with van der Waals surface area (Å²) in [7, 11) is 5.38.